The van der Waals surface area contributed by atoms with E-state index in [9.17, 15) is 18.5 Å². The summed E-state index contributed by atoms with van der Waals surface area (Å²) in [6.07, 6.45) is 3.22. The van der Waals surface area contributed by atoms with Crippen LogP contribution in [0.5, 0.6) is 0 Å². The highest BCUT2D eigenvalue weighted by atomic mass is 35.5. The Kier molecular flexibility index (Phi) is 5.24. The molecule has 1 saturated heterocycles. The molecule has 1 unspecified atom stereocenters. The largest absolute Gasteiger partial charge is 0.313 e. The number of nitro groups is 1. The van der Waals surface area contributed by atoms with Gasteiger partial charge < -0.3 is 5.32 Å². The van der Waals surface area contributed by atoms with Crippen LogP contribution in [0.2, 0.25) is 5.02 Å². The summed E-state index contributed by atoms with van der Waals surface area (Å²) in [5.74, 6) is 0. The Labute approximate surface area is 156 Å². The quantitative estimate of drug-likeness (QED) is 0.627. The van der Waals surface area contributed by atoms with Crippen molar-refractivity contribution in [2.45, 2.75) is 17.9 Å². The van der Waals surface area contributed by atoms with E-state index < -0.39 is 26.7 Å². The number of nitrogens with one attached hydrogen (secondary N) is 1. The van der Waals surface area contributed by atoms with E-state index in [1.165, 1.54) is 16.4 Å². The average molecular weight is 397 g/mol. The molecular formula is C16H17ClN4O4S. The maximum Gasteiger partial charge on any atom is 0.289 e. The molecular weight excluding hydrogens is 380 g/mol. The molecule has 1 aliphatic rings. The molecule has 1 atom stereocenters. The van der Waals surface area contributed by atoms with Crippen LogP contribution in [0.1, 0.15) is 17.2 Å². The molecule has 0 spiro atoms. The smallest absolute Gasteiger partial charge is 0.289 e. The summed E-state index contributed by atoms with van der Waals surface area (Å²) in [5, 5.41) is 14.0. The highest BCUT2D eigenvalue weighted by Crippen LogP contribution is 2.37. The van der Waals surface area contributed by atoms with Crippen LogP contribution in [-0.4, -0.2) is 42.3 Å². The van der Waals surface area contributed by atoms with Gasteiger partial charge in [-0.05, 0) is 30.2 Å². The molecule has 1 N–H and O–H groups in total. The van der Waals surface area contributed by atoms with Crippen LogP contribution in [0.25, 0.3) is 0 Å². The third-order valence-corrected chi connectivity index (χ3v) is 6.65. The zero-order chi connectivity index (χ0) is 18.9. The first kappa shape index (κ1) is 18.7. The van der Waals surface area contributed by atoms with Gasteiger partial charge in [-0.15, -0.1) is 0 Å². The second-order valence-corrected chi connectivity index (χ2v) is 8.21. The van der Waals surface area contributed by atoms with Crippen molar-refractivity contribution in [1.82, 2.24) is 14.6 Å². The van der Waals surface area contributed by atoms with E-state index in [1.54, 1.807) is 31.5 Å². The fraction of sp³-hybridized carbons (Fsp3) is 0.312. The summed E-state index contributed by atoms with van der Waals surface area (Å²) in [5.41, 5.74) is 0.771. The molecule has 0 radical (unpaired) electrons. The van der Waals surface area contributed by atoms with E-state index in [0.717, 1.165) is 5.56 Å². The molecule has 138 valence electrons. The Bertz CT molecular complexity index is 937. The van der Waals surface area contributed by atoms with Crippen LogP contribution in [0.4, 0.5) is 5.69 Å². The van der Waals surface area contributed by atoms with E-state index in [2.05, 4.69) is 10.3 Å². The Morgan fingerprint density at radius 3 is 2.85 bits per heavy atom. The maximum atomic E-state index is 13.3. The molecule has 1 aromatic carbocycles. The van der Waals surface area contributed by atoms with Gasteiger partial charge in [0, 0.05) is 38.1 Å². The van der Waals surface area contributed by atoms with Crippen molar-refractivity contribution in [2.75, 3.05) is 19.6 Å². The first-order valence-corrected chi connectivity index (χ1v) is 9.71. The van der Waals surface area contributed by atoms with Gasteiger partial charge in [0.1, 0.15) is 9.92 Å². The predicted molar refractivity (Wildman–Crippen MR) is 96.6 cm³/mol. The monoisotopic (exact) mass is 396 g/mol. The zero-order valence-electron chi connectivity index (χ0n) is 13.9. The van der Waals surface area contributed by atoms with Gasteiger partial charge in [-0.1, -0.05) is 17.7 Å². The molecule has 26 heavy (non-hydrogen) atoms. The molecule has 2 heterocycles. The number of nitro benzene ring substituents is 1. The van der Waals surface area contributed by atoms with Crippen molar-refractivity contribution in [2.24, 2.45) is 0 Å². The van der Waals surface area contributed by atoms with Crippen molar-refractivity contribution < 1.29 is 13.3 Å². The predicted octanol–water partition coefficient (Wildman–Crippen LogP) is 2.29. The second kappa shape index (κ2) is 7.28. The van der Waals surface area contributed by atoms with E-state index in [0.29, 0.717) is 18.7 Å². The number of benzene rings is 1. The fourth-order valence-corrected chi connectivity index (χ4v) is 5.25. The number of rotatable bonds is 4. The minimum absolute atomic E-state index is 0.222. The van der Waals surface area contributed by atoms with Crippen LogP contribution in [-0.2, 0) is 10.0 Å². The zero-order valence-corrected chi connectivity index (χ0v) is 15.5. The lowest BCUT2D eigenvalue weighted by atomic mass is 10.1. The topological polar surface area (TPSA) is 105 Å². The number of aryl methyl sites for hydroxylation is 1. The molecule has 1 aromatic heterocycles. The van der Waals surface area contributed by atoms with Gasteiger partial charge in [-0.2, -0.15) is 4.31 Å². The van der Waals surface area contributed by atoms with Crippen LogP contribution < -0.4 is 5.32 Å². The van der Waals surface area contributed by atoms with Gasteiger partial charge in [-0.25, -0.2) is 8.42 Å². The van der Waals surface area contributed by atoms with Gasteiger partial charge in [0.2, 0.25) is 10.0 Å². The number of sulfonamides is 1. The number of halogens is 1. The van der Waals surface area contributed by atoms with Crippen LogP contribution in [0, 0.1) is 17.0 Å². The SMILES string of the molecule is Cc1cc([N+](=O)[O-])c(Cl)c(S(=O)(=O)N2CCNCC2c2cccnc2)c1. The van der Waals surface area contributed by atoms with Gasteiger partial charge in [0.05, 0.1) is 11.0 Å². The summed E-state index contributed by atoms with van der Waals surface area (Å²) in [4.78, 5) is 14.3. The van der Waals surface area contributed by atoms with Crippen molar-refractivity contribution in [3.05, 3.63) is 62.9 Å². The lowest BCUT2D eigenvalue weighted by Gasteiger charge is -2.35. The minimum Gasteiger partial charge on any atom is -0.313 e. The third kappa shape index (κ3) is 3.43. The highest BCUT2D eigenvalue weighted by Gasteiger charge is 2.37. The van der Waals surface area contributed by atoms with Crippen molar-refractivity contribution in [1.29, 1.82) is 0 Å². The molecule has 1 fully saturated rings. The number of pyridine rings is 1. The number of hydrogen-bond acceptors (Lipinski definition) is 6. The molecule has 2 aromatic rings. The summed E-state index contributed by atoms with van der Waals surface area (Å²) >= 11 is 6.10. The lowest BCUT2D eigenvalue weighted by Crippen LogP contribution is -2.48. The molecule has 10 heteroatoms. The normalized spacial score (nSPS) is 18.6. The minimum atomic E-state index is -4.04. The Balaban J connectivity index is 2.11. The molecule has 1 aliphatic heterocycles. The first-order chi connectivity index (χ1) is 12.3. The second-order valence-electron chi connectivity index (χ2n) is 5.98. The summed E-state index contributed by atoms with van der Waals surface area (Å²) in [6.45, 7) is 2.71. The molecule has 0 bridgehead atoms. The molecule has 8 nitrogen and oxygen atoms in total. The molecule has 0 aliphatic carbocycles. The number of hydrogen-bond donors (Lipinski definition) is 1. The highest BCUT2D eigenvalue weighted by molar-refractivity contribution is 7.89. The summed E-state index contributed by atoms with van der Waals surface area (Å²) < 4.78 is 27.9. The summed E-state index contributed by atoms with van der Waals surface area (Å²) in [7, 11) is -4.04. The van der Waals surface area contributed by atoms with Gasteiger partial charge in [0.25, 0.3) is 5.69 Å². The van der Waals surface area contributed by atoms with Crippen molar-refractivity contribution in [3.8, 4) is 0 Å². The molecule has 0 amide bonds. The van der Waals surface area contributed by atoms with E-state index in [-0.39, 0.29) is 16.5 Å². The Morgan fingerprint density at radius 1 is 1.42 bits per heavy atom. The van der Waals surface area contributed by atoms with Gasteiger partial charge >= 0.3 is 0 Å². The Hall–Kier alpha value is -2.07. The number of nitrogens with zero attached hydrogens (tertiary/aromatic N) is 3. The molecule has 3 rings (SSSR count). The van der Waals surface area contributed by atoms with E-state index in [1.807, 2.05) is 0 Å². The fourth-order valence-electron chi connectivity index (χ4n) is 2.99. The lowest BCUT2D eigenvalue weighted by molar-refractivity contribution is -0.385. The first-order valence-electron chi connectivity index (χ1n) is 7.89. The van der Waals surface area contributed by atoms with Crippen molar-refractivity contribution >= 4 is 27.3 Å². The van der Waals surface area contributed by atoms with Crippen LogP contribution in [0.3, 0.4) is 0 Å². The van der Waals surface area contributed by atoms with Gasteiger partial charge in [-0.3, -0.25) is 15.1 Å². The summed E-state index contributed by atoms with van der Waals surface area (Å²) in [6, 6.07) is 5.69. The third-order valence-electron chi connectivity index (χ3n) is 4.21. The maximum absolute atomic E-state index is 13.3. The van der Waals surface area contributed by atoms with Gasteiger partial charge in [0.15, 0.2) is 0 Å². The number of aromatic nitrogens is 1. The average Bonchev–Trinajstić information content (AvgIpc) is 2.63. The molecule has 0 saturated carbocycles. The van der Waals surface area contributed by atoms with Crippen molar-refractivity contribution in [3.63, 3.8) is 0 Å². The van der Waals surface area contributed by atoms with E-state index >= 15 is 0 Å². The van der Waals surface area contributed by atoms with Crippen LogP contribution >= 0.6 is 11.6 Å². The van der Waals surface area contributed by atoms with E-state index in [4.69, 9.17) is 11.6 Å². The number of piperazine rings is 1. The Morgan fingerprint density at radius 2 is 2.19 bits per heavy atom. The standard InChI is InChI=1S/C16H17ClN4O4S/c1-11-7-13(21(22)23)16(17)15(8-11)26(24,25)20-6-5-19-10-14(20)12-3-2-4-18-9-12/h2-4,7-9,14,19H,5-6,10H2,1H3. The van der Waals surface area contributed by atoms with Crippen LogP contribution in [0.15, 0.2) is 41.6 Å².